The lowest BCUT2D eigenvalue weighted by Crippen LogP contribution is -2.48. The fourth-order valence-corrected chi connectivity index (χ4v) is 7.09. The molecule has 1 N–H and O–H groups in total. The van der Waals surface area contributed by atoms with Gasteiger partial charge in [-0.15, -0.1) is 0 Å². The van der Waals surface area contributed by atoms with Crippen molar-refractivity contribution in [3.63, 3.8) is 0 Å². The van der Waals surface area contributed by atoms with Gasteiger partial charge in [-0.2, -0.15) is 4.31 Å². The fraction of sp³-hybridized carbons (Fsp3) is 0.481. The fourth-order valence-electron chi connectivity index (χ4n) is 4.51. The Morgan fingerprint density at radius 2 is 1.81 bits per heavy atom. The number of para-hydroxylation sites is 1. The van der Waals surface area contributed by atoms with Gasteiger partial charge in [-0.25, -0.2) is 13.4 Å². The molecule has 0 aliphatic carbocycles. The van der Waals surface area contributed by atoms with Gasteiger partial charge in [-0.1, -0.05) is 43.7 Å². The lowest BCUT2D eigenvalue weighted by molar-refractivity contribution is 0.0947. The number of piperazine rings is 1. The molecule has 4 rings (SSSR count). The van der Waals surface area contributed by atoms with Crippen molar-refractivity contribution in [2.45, 2.75) is 38.5 Å². The number of aryl methyl sites for hydroxylation is 1. The Morgan fingerprint density at radius 1 is 1.08 bits per heavy atom. The van der Waals surface area contributed by atoms with Gasteiger partial charge in [0.25, 0.3) is 5.91 Å². The van der Waals surface area contributed by atoms with Crippen molar-refractivity contribution in [2.75, 3.05) is 57.3 Å². The van der Waals surface area contributed by atoms with Gasteiger partial charge in [0.05, 0.1) is 15.1 Å². The van der Waals surface area contributed by atoms with Gasteiger partial charge < -0.3 is 10.2 Å². The lowest BCUT2D eigenvalue weighted by atomic mass is 10.2. The number of sulfonamides is 1. The first-order chi connectivity index (χ1) is 17.8. The van der Waals surface area contributed by atoms with Crippen LogP contribution < -0.4 is 10.2 Å². The summed E-state index contributed by atoms with van der Waals surface area (Å²) in [5, 5.41) is 4.05. The summed E-state index contributed by atoms with van der Waals surface area (Å²) < 4.78 is 28.5. The lowest BCUT2D eigenvalue weighted by Gasteiger charge is -2.34. The monoisotopic (exact) mass is 543 g/mol. The van der Waals surface area contributed by atoms with Gasteiger partial charge in [-0.3, -0.25) is 9.69 Å². The predicted octanol–water partition coefficient (Wildman–Crippen LogP) is 3.97. The molecule has 2 aromatic carbocycles. The van der Waals surface area contributed by atoms with Crippen LogP contribution in [-0.2, 0) is 10.0 Å². The standard InChI is InChI=1S/C27H37N5O3S2/c1-4-6-15-32(5-2)37(34,35)23-12-10-22(11-13-23)26(33)28-14-16-30-17-19-31(20-18-30)27-29-25-21(3)8-7-9-24(25)36-27/h7-13H,4-6,14-20H2,1-3H3,(H,28,33). The van der Waals surface area contributed by atoms with Crippen molar-refractivity contribution in [2.24, 2.45) is 0 Å². The number of aromatic nitrogens is 1. The van der Waals surface area contributed by atoms with Crippen LogP contribution in [0.2, 0.25) is 0 Å². The molecular formula is C27H37N5O3S2. The van der Waals surface area contributed by atoms with E-state index < -0.39 is 10.0 Å². The second-order valence-electron chi connectivity index (χ2n) is 9.38. The molecule has 200 valence electrons. The number of hydrogen-bond acceptors (Lipinski definition) is 7. The molecule has 0 atom stereocenters. The molecule has 3 aromatic rings. The smallest absolute Gasteiger partial charge is 0.251 e. The summed E-state index contributed by atoms with van der Waals surface area (Å²) in [5.74, 6) is -0.189. The Kier molecular flexibility index (Phi) is 9.17. The zero-order valence-corrected chi connectivity index (χ0v) is 23.6. The van der Waals surface area contributed by atoms with Crippen LogP contribution in [0.1, 0.15) is 42.6 Å². The number of rotatable bonds is 11. The number of hydrogen-bond donors (Lipinski definition) is 1. The van der Waals surface area contributed by atoms with Crippen LogP contribution in [0, 0.1) is 6.92 Å². The molecule has 1 aliphatic rings. The van der Waals surface area contributed by atoms with Crippen LogP contribution in [0.15, 0.2) is 47.4 Å². The number of unbranched alkanes of at least 4 members (excludes halogenated alkanes) is 1. The van der Waals surface area contributed by atoms with Crippen molar-refractivity contribution in [3.05, 3.63) is 53.6 Å². The van der Waals surface area contributed by atoms with Gasteiger partial charge in [0, 0.05) is 57.9 Å². The normalized spacial score (nSPS) is 15.0. The van der Waals surface area contributed by atoms with Gasteiger partial charge in [0.15, 0.2) is 5.13 Å². The highest BCUT2D eigenvalue weighted by molar-refractivity contribution is 7.89. The van der Waals surface area contributed by atoms with E-state index in [9.17, 15) is 13.2 Å². The minimum absolute atomic E-state index is 0.189. The SMILES string of the molecule is CCCCN(CC)S(=O)(=O)c1ccc(C(=O)NCCN2CCN(c3nc4c(C)cccc4s3)CC2)cc1. The van der Waals surface area contributed by atoms with Crippen molar-refractivity contribution in [3.8, 4) is 0 Å². The van der Waals surface area contributed by atoms with E-state index in [1.807, 2.05) is 13.8 Å². The highest BCUT2D eigenvalue weighted by Crippen LogP contribution is 2.31. The minimum atomic E-state index is -3.54. The maximum atomic E-state index is 12.9. The van der Waals surface area contributed by atoms with Crippen LogP contribution in [-0.4, -0.2) is 80.9 Å². The molecule has 1 fully saturated rings. The molecule has 8 nitrogen and oxygen atoms in total. The zero-order chi connectivity index (χ0) is 26.4. The Morgan fingerprint density at radius 3 is 2.46 bits per heavy atom. The molecule has 0 saturated carbocycles. The number of fused-ring (bicyclic) bond motifs is 1. The number of nitrogens with zero attached hydrogens (tertiary/aromatic N) is 4. The molecule has 0 spiro atoms. The largest absolute Gasteiger partial charge is 0.351 e. The van der Waals surface area contributed by atoms with E-state index in [0.717, 1.165) is 56.2 Å². The van der Waals surface area contributed by atoms with Crippen LogP contribution in [0.4, 0.5) is 5.13 Å². The van der Waals surface area contributed by atoms with Crippen LogP contribution in [0.25, 0.3) is 10.2 Å². The van der Waals surface area contributed by atoms with E-state index in [-0.39, 0.29) is 10.8 Å². The van der Waals surface area contributed by atoms with Crippen LogP contribution >= 0.6 is 11.3 Å². The van der Waals surface area contributed by atoms with Crippen molar-refractivity contribution in [1.82, 2.24) is 19.5 Å². The average Bonchev–Trinajstić information content (AvgIpc) is 3.35. The third-order valence-electron chi connectivity index (χ3n) is 6.83. The molecule has 1 aliphatic heterocycles. The molecular weight excluding hydrogens is 506 g/mol. The molecule has 0 unspecified atom stereocenters. The van der Waals surface area contributed by atoms with Crippen molar-refractivity contribution >= 4 is 42.6 Å². The summed E-state index contributed by atoms with van der Waals surface area (Å²) in [6, 6.07) is 12.5. The summed E-state index contributed by atoms with van der Waals surface area (Å²) >= 11 is 1.75. The third-order valence-corrected chi connectivity index (χ3v) is 9.90. The van der Waals surface area contributed by atoms with Crippen molar-refractivity contribution in [1.29, 1.82) is 0 Å². The maximum absolute atomic E-state index is 12.9. The predicted molar refractivity (Wildman–Crippen MR) is 151 cm³/mol. The number of thiazole rings is 1. The summed E-state index contributed by atoms with van der Waals surface area (Å²) in [5.41, 5.74) is 2.77. The topological polar surface area (TPSA) is 85.8 Å². The van der Waals surface area contributed by atoms with Gasteiger partial charge in [0.1, 0.15) is 0 Å². The second kappa shape index (κ2) is 12.3. The Hall–Kier alpha value is -2.53. The van der Waals surface area contributed by atoms with E-state index in [4.69, 9.17) is 4.98 Å². The number of benzene rings is 2. The molecule has 37 heavy (non-hydrogen) atoms. The Bertz CT molecular complexity index is 1300. The van der Waals surface area contributed by atoms with E-state index >= 15 is 0 Å². The summed E-state index contributed by atoms with van der Waals surface area (Å²) in [4.78, 5) is 22.4. The first-order valence-corrected chi connectivity index (χ1v) is 15.3. The highest BCUT2D eigenvalue weighted by atomic mass is 32.2. The van der Waals surface area contributed by atoms with E-state index in [1.54, 1.807) is 23.5 Å². The molecule has 10 heteroatoms. The van der Waals surface area contributed by atoms with E-state index in [1.165, 1.54) is 26.7 Å². The number of nitrogens with one attached hydrogen (secondary N) is 1. The average molecular weight is 544 g/mol. The van der Waals surface area contributed by atoms with Gasteiger partial charge >= 0.3 is 0 Å². The number of carbonyl (C=O) groups excluding carboxylic acids is 1. The van der Waals surface area contributed by atoms with Gasteiger partial charge in [0.2, 0.25) is 10.0 Å². The molecule has 1 amide bonds. The quantitative estimate of drug-likeness (QED) is 0.394. The van der Waals surface area contributed by atoms with Crippen LogP contribution in [0.3, 0.4) is 0 Å². The first-order valence-electron chi connectivity index (χ1n) is 13.0. The molecule has 1 aromatic heterocycles. The minimum Gasteiger partial charge on any atom is -0.351 e. The van der Waals surface area contributed by atoms with Crippen LogP contribution in [0.5, 0.6) is 0 Å². The number of amides is 1. The van der Waals surface area contributed by atoms with Crippen molar-refractivity contribution < 1.29 is 13.2 Å². The number of carbonyl (C=O) groups is 1. The highest BCUT2D eigenvalue weighted by Gasteiger charge is 2.23. The number of anilines is 1. The molecule has 2 heterocycles. The van der Waals surface area contributed by atoms with E-state index in [0.29, 0.717) is 25.2 Å². The molecule has 0 radical (unpaired) electrons. The first kappa shape index (κ1) is 27.5. The maximum Gasteiger partial charge on any atom is 0.251 e. The van der Waals surface area contributed by atoms with E-state index in [2.05, 4.69) is 40.2 Å². The molecule has 1 saturated heterocycles. The Labute approximate surface area is 224 Å². The zero-order valence-electron chi connectivity index (χ0n) is 21.9. The molecule has 0 bridgehead atoms. The van der Waals surface area contributed by atoms with Gasteiger partial charge in [-0.05, 0) is 49.2 Å². The summed E-state index contributed by atoms with van der Waals surface area (Å²) in [7, 11) is -3.54. The summed E-state index contributed by atoms with van der Waals surface area (Å²) in [6.45, 7) is 11.9. The summed E-state index contributed by atoms with van der Waals surface area (Å²) in [6.07, 6.45) is 1.76. The second-order valence-corrected chi connectivity index (χ2v) is 12.3. The Balaban J connectivity index is 1.24. The third kappa shape index (κ3) is 6.49.